The SMILES string of the molecule is COc1ccc(COC(=O)c2cccc(F)c2F)cc1. The molecule has 5 heteroatoms. The van der Waals surface area contributed by atoms with Crippen LogP contribution in [0.4, 0.5) is 8.78 Å². The number of carbonyl (C=O) groups excluding carboxylic acids is 1. The summed E-state index contributed by atoms with van der Waals surface area (Å²) in [4.78, 5) is 11.7. The summed E-state index contributed by atoms with van der Waals surface area (Å²) in [6.07, 6.45) is 0. The first-order chi connectivity index (χ1) is 9.61. The van der Waals surface area contributed by atoms with Crippen molar-refractivity contribution in [2.75, 3.05) is 7.11 Å². The van der Waals surface area contributed by atoms with Crippen molar-refractivity contribution in [2.24, 2.45) is 0 Å². The molecule has 0 aromatic heterocycles. The van der Waals surface area contributed by atoms with Crippen molar-refractivity contribution in [3.63, 3.8) is 0 Å². The van der Waals surface area contributed by atoms with Gasteiger partial charge in [-0.1, -0.05) is 18.2 Å². The topological polar surface area (TPSA) is 35.5 Å². The number of methoxy groups -OCH3 is 1. The Hall–Kier alpha value is -2.43. The van der Waals surface area contributed by atoms with Crippen LogP contribution in [-0.2, 0) is 11.3 Å². The number of benzene rings is 2. The molecule has 0 aliphatic rings. The Balaban J connectivity index is 2.02. The molecule has 0 heterocycles. The maximum Gasteiger partial charge on any atom is 0.341 e. The molecule has 2 aromatic carbocycles. The molecule has 0 atom stereocenters. The summed E-state index contributed by atoms with van der Waals surface area (Å²) in [7, 11) is 1.54. The standard InChI is InChI=1S/C15H12F2O3/c1-19-11-7-5-10(6-8-11)9-20-15(18)12-3-2-4-13(16)14(12)17/h2-8H,9H2,1H3. The van der Waals surface area contributed by atoms with Crippen LogP contribution in [0.2, 0.25) is 0 Å². The van der Waals surface area contributed by atoms with Crippen molar-refractivity contribution >= 4 is 5.97 Å². The van der Waals surface area contributed by atoms with E-state index in [1.807, 2.05) is 0 Å². The van der Waals surface area contributed by atoms with Crippen LogP contribution in [0.25, 0.3) is 0 Å². The van der Waals surface area contributed by atoms with Crippen LogP contribution in [0.15, 0.2) is 42.5 Å². The van der Waals surface area contributed by atoms with Crippen molar-refractivity contribution < 1.29 is 23.0 Å². The van der Waals surface area contributed by atoms with E-state index >= 15 is 0 Å². The predicted octanol–water partition coefficient (Wildman–Crippen LogP) is 3.33. The second-order valence-electron chi connectivity index (χ2n) is 4.03. The monoisotopic (exact) mass is 278 g/mol. The van der Waals surface area contributed by atoms with Gasteiger partial charge in [0.25, 0.3) is 0 Å². The number of esters is 1. The summed E-state index contributed by atoms with van der Waals surface area (Å²) in [5.74, 6) is -2.51. The van der Waals surface area contributed by atoms with E-state index in [0.29, 0.717) is 5.75 Å². The van der Waals surface area contributed by atoms with Crippen LogP contribution in [-0.4, -0.2) is 13.1 Å². The minimum Gasteiger partial charge on any atom is -0.497 e. The molecule has 0 spiro atoms. The van der Waals surface area contributed by atoms with Crippen molar-refractivity contribution in [1.29, 1.82) is 0 Å². The van der Waals surface area contributed by atoms with E-state index in [0.717, 1.165) is 11.6 Å². The minimum atomic E-state index is -1.20. The highest BCUT2D eigenvalue weighted by Gasteiger charge is 2.16. The lowest BCUT2D eigenvalue weighted by Crippen LogP contribution is -2.08. The molecule has 0 saturated carbocycles. The van der Waals surface area contributed by atoms with Crippen molar-refractivity contribution in [1.82, 2.24) is 0 Å². The van der Waals surface area contributed by atoms with Gasteiger partial charge in [-0.25, -0.2) is 13.6 Å². The Morgan fingerprint density at radius 2 is 1.80 bits per heavy atom. The minimum absolute atomic E-state index is 0.0290. The van der Waals surface area contributed by atoms with Gasteiger partial charge in [0.2, 0.25) is 0 Å². The van der Waals surface area contributed by atoms with Gasteiger partial charge >= 0.3 is 5.97 Å². The molecule has 0 N–H and O–H groups in total. The van der Waals surface area contributed by atoms with E-state index in [1.54, 1.807) is 31.4 Å². The highest BCUT2D eigenvalue weighted by atomic mass is 19.2. The Morgan fingerprint density at radius 1 is 1.10 bits per heavy atom. The lowest BCUT2D eigenvalue weighted by atomic mass is 10.2. The van der Waals surface area contributed by atoms with E-state index in [1.165, 1.54) is 12.1 Å². The summed E-state index contributed by atoms with van der Waals surface area (Å²) in [6.45, 7) is -0.0290. The molecule has 2 rings (SSSR count). The Morgan fingerprint density at radius 3 is 2.45 bits per heavy atom. The molecule has 0 radical (unpaired) electrons. The molecule has 0 unspecified atom stereocenters. The molecule has 2 aromatic rings. The Kier molecular flexibility index (Phi) is 4.30. The number of hydrogen-bond acceptors (Lipinski definition) is 3. The fourth-order valence-electron chi connectivity index (χ4n) is 1.61. The molecule has 3 nitrogen and oxygen atoms in total. The van der Waals surface area contributed by atoms with E-state index < -0.39 is 23.2 Å². The lowest BCUT2D eigenvalue weighted by molar-refractivity contribution is 0.0466. The van der Waals surface area contributed by atoms with Gasteiger partial charge in [-0.05, 0) is 29.8 Å². The van der Waals surface area contributed by atoms with Gasteiger partial charge in [-0.2, -0.15) is 0 Å². The molecule has 0 amide bonds. The molecule has 104 valence electrons. The van der Waals surface area contributed by atoms with Crippen LogP contribution in [0.1, 0.15) is 15.9 Å². The highest BCUT2D eigenvalue weighted by Crippen LogP contribution is 2.15. The average Bonchev–Trinajstić information content (AvgIpc) is 2.48. The third kappa shape index (κ3) is 3.12. The average molecular weight is 278 g/mol. The van der Waals surface area contributed by atoms with Gasteiger partial charge in [0.15, 0.2) is 11.6 Å². The zero-order valence-corrected chi connectivity index (χ0v) is 10.7. The second-order valence-corrected chi connectivity index (χ2v) is 4.03. The first-order valence-electron chi connectivity index (χ1n) is 5.86. The van der Waals surface area contributed by atoms with E-state index in [9.17, 15) is 13.6 Å². The largest absolute Gasteiger partial charge is 0.497 e. The molecule has 20 heavy (non-hydrogen) atoms. The first kappa shape index (κ1) is 14.0. The summed E-state index contributed by atoms with van der Waals surface area (Å²) in [6, 6.07) is 10.2. The van der Waals surface area contributed by atoms with Crippen LogP contribution >= 0.6 is 0 Å². The number of halogens is 2. The maximum atomic E-state index is 13.4. The Bertz CT molecular complexity index is 609. The summed E-state index contributed by atoms with van der Waals surface area (Å²) in [5, 5.41) is 0. The zero-order chi connectivity index (χ0) is 14.5. The highest BCUT2D eigenvalue weighted by molar-refractivity contribution is 5.89. The summed E-state index contributed by atoms with van der Waals surface area (Å²) < 4.78 is 36.3. The third-order valence-electron chi connectivity index (χ3n) is 2.70. The summed E-state index contributed by atoms with van der Waals surface area (Å²) in [5.41, 5.74) is 0.300. The van der Waals surface area contributed by atoms with Crippen LogP contribution in [0.3, 0.4) is 0 Å². The molecule has 0 aliphatic heterocycles. The number of hydrogen-bond donors (Lipinski definition) is 0. The van der Waals surface area contributed by atoms with E-state index in [2.05, 4.69) is 0 Å². The quantitative estimate of drug-likeness (QED) is 0.805. The fraction of sp³-hybridized carbons (Fsp3) is 0.133. The van der Waals surface area contributed by atoms with Crippen LogP contribution < -0.4 is 4.74 Å². The molecule has 0 fully saturated rings. The fourth-order valence-corrected chi connectivity index (χ4v) is 1.61. The molecule has 0 bridgehead atoms. The Labute approximate surface area is 114 Å². The number of carbonyl (C=O) groups is 1. The van der Waals surface area contributed by atoms with Gasteiger partial charge in [0, 0.05) is 0 Å². The van der Waals surface area contributed by atoms with E-state index in [-0.39, 0.29) is 6.61 Å². The van der Waals surface area contributed by atoms with Crippen molar-refractivity contribution in [3.8, 4) is 5.75 Å². The zero-order valence-electron chi connectivity index (χ0n) is 10.7. The summed E-state index contributed by atoms with van der Waals surface area (Å²) >= 11 is 0. The normalized spacial score (nSPS) is 10.2. The predicted molar refractivity (Wildman–Crippen MR) is 68.5 cm³/mol. The van der Waals surface area contributed by atoms with Crippen molar-refractivity contribution in [3.05, 3.63) is 65.2 Å². The van der Waals surface area contributed by atoms with Crippen LogP contribution in [0, 0.1) is 11.6 Å². The van der Waals surface area contributed by atoms with E-state index in [4.69, 9.17) is 9.47 Å². The number of rotatable bonds is 4. The number of ether oxygens (including phenoxy) is 2. The smallest absolute Gasteiger partial charge is 0.341 e. The third-order valence-corrected chi connectivity index (χ3v) is 2.70. The van der Waals surface area contributed by atoms with Gasteiger partial charge in [0.05, 0.1) is 12.7 Å². The first-order valence-corrected chi connectivity index (χ1v) is 5.86. The molecule has 0 aliphatic carbocycles. The molecular weight excluding hydrogens is 266 g/mol. The van der Waals surface area contributed by atoms with Gasteiger partial charge in [0.1, 0.15) is 12.4 Å². The van der Waals surface area contributed by atoms with Gasteiger partial charge in [-0.3, -0.25) is 0 Å². The molecule has 0 saturated heterocycles. The van der Waals surface area contributed by atoms with Gasteiger partial charge in [-0.15, -0.1) is 0 Å². The maximum absolute atomic E-state index is 13.4. The molecular formula is C15H12F2O3. The van der Waals surface area contributed by atoms with Crippen molar-refractivity contribution in [2.45, 2.75) is 6.61 Å². The van der Waals surface area contributed by atoms with Crippen LogP contribution in [0.5, 0.6) is 5.75 Å². The van der Waals surface area contributed by atoms with Gasteiger partial charge < -0.3 is 9.47 Å². The lowest BCUT2D eigenvalue weighted by Gasteiger charge is -2.07. The second kappa shape index (κ2) is 6.14.